The lowest BCUT2D eigenvalue weighted by Crippen LogP contribution is -2.51. The second-order valence-electron chi connectivity index (χ2n) is 6.65. The van der Waals surface area contributed by atoms with Crippen LogP contribution < -0.4 is 5.32 Å². The Kier molecular flexibility index (Phi) is 3.96. The maximum absolute atomic E-state index is 12.7. The Balaban J connectivity index is 1.60. The molecule has 0 aromatic rings. The smallest absolute Gasteiger partial charge is 0.320 e. The van der Waals surface area contributed by atoms with Crippen molar-refractivity contribution < 1.29 is 4.79 Å². The molecule has 0 radical (unpaired) electrons. The highest BCUT2D eigenvalue weighted by molar-refractivity contribution is 5.75. The molecule has 2 saturated heterocycles. The van der Waals surface area contributed by atoms with Gasteiger partial charge in [0.1, 0.15) is 0 Å². The van der Waals surface area contributed by atoms with Gasteiger partial charge in [-0.2, -0.15) is 0 Å². The number of amides is 2. The summed E-state index contributed by atoms with van der Waals surface area (Å²) in [6.45, 7) is 6.23. The number of carbonyl (C=O) groups excluding carboxylic acids is 1. The minimum atomic E-state index is 0.308. The number of hydrogen-bond donors (Lipinski definition) is 1. The molecule has 3 rings (SSSR count). The number of hydrogen-bond acceptors (Lipinski definition) is 2. The first-order chi connectivity index (χ1) is 9.24. The Hall–Kier alpha value is -0.770. The van der Waals surface area contributed by atoms with E-state index in [1.807, 2.05) is 0 Å². The third kappa shape index (κ3) is 3.22. The first kappa shape index (κ1) is 13.2. The van der Waals surface area contributed by atoms with E-state index in [1.165, 1.54) is 38.5 Å². The molecule has 0 spiro atoms. The largest absolute Gasteiger partial charge is 0.324 e. The summed E-state index contributed by atoms with van der Waals surface area (Å²) in [5, 5.41) is 3.52. The molecular weight excluding hydrogens is 238 g/mol. The van der Waals surface area contributed by atoms with Crippen molar-refractivity contribution in [2.45, 2.75) is 57.5 Å². The quantitative estimate of drug-likeness (QED) is 0.848. The van der Waals surface area contributed by atoms with Crippen LogP contribution in [0.3, 0.4) is 0 Å². The molecule has 2 amide bonds. The highest BCUT2D eigenvalue weighted by Crippen LogP contribution is 2.29. The number of nitrogens with zero attached hydrogens (tertiary/aromatic N) is 2. The summed E-state index contributed by atoms with van der Waals surface area (Å²) in [6, 6.07) is 1.38. The monoisotopic (exact) mass is 265 g/mol. The van der Waals surface area contributed by atoms with Crippen LogP contribution >= 0.6 is 0 Å². The van der Waals surface area contributed by atoms with Crippen molar-refractivity contribution in [3.05, 3.63) is 0 Å². The van der Waals surface area contributed by atoms with Gasteiger partial charge < -0.3 is 15.1 Å². The molecule has 3 aliphatic rings. The third-order valence-corrected chi connectivity index (χ3v) is 4.74. The lowest BCUT2D eigenvalue weighted by atomic mass is 10.0. The molecule has 0 aromatic carbocycles. The van der Waals surface area contributed by atoms with E-state index in [9.17, 15) is 4.79 Å². The van der Waals surface area contributed by atoms with Crippen molar-refractivity contribution in [2.24, 2.45) is 5.92 Å². The summed E-state index contributed by atoms with van der Waals surface area (Å²) in [6.07, 6.45) is 7.36. The van der Waals surface area contributed by atoms with Crippen LogP contribution in [-0.4, -0.2) is 54.1 Å². The van der Waals surface area contributed by atoms with Crippen LogP contribution in [0.5, 0.6) is 0 Å². The van der Waals surface area contributed by atoms with Gasteiger partial charge in [-0.25, -0.2) is 4.79 Å². The number of rotatable bonds is 3. The van der Waals surface area contributed by atoms with Crippen LogP contribution in [0.15, 0.2) is 0 Å². The van der Waals surface area contributed by atoms with E-state index in [1.54, 1.807) is 0 Å². The summed E-state index contributed by atoms with van der Waals surface area (Å²) in [7, 11) is 0. The fraction of sp³-hybridized carbons (Fsp3) is 0.933. The number of carbonyl (C=O) groups is 1. The minimum Gasteiger partial charge on any atom is -0.324 e. The Morgan fingerprint density at radius 2 is 2.11 bits per heavy atom. The number of urea groups is 1. The predicted molar refractivity (Wildman–Crippen MR) is 76.1 cm³/mol. The molecule has 108 valence electrons. The fourth-order valence-corrected chi connectivity index (χ4v) is 3.46. The Morgan fingerprint density at radius 1 is 1.26 bits per heavy atom. The molecular formula is C15H27N3O. The van der Waals surface area contributed by atoms with Crippen LogP contribution in [-0.2, 0) is 0 Å². The highest BCUT2D eigenvalue weighted by atomic mass is 16.2. The first-order valence-corrected chi connectivity index (χ1v) is 8.03. The molecule has 2 aliphatic heterocycles. The fourth-order valence-electron chi connectivity index (χ4n) is 3.46. The SMILES string of the molecule is CC1CCCN(C(=O)N(CC2CCCN2)C2CC2)C1. The molecule has 0 aromatic heterocycles. The molecule has 4 heteroatoms. The van der Waals surface area contributed by atoms with Crippen LogP contribution in [0, 0.1) is 5.92 Å². The Bertz CT molecular complexity index is 323. The van der Waals surface area contributed by atoms with E-state index >= 15 is 0 Å². The van der Waals surface area contributed by atoms with Crippen LogP contribution in [0.1, 0.15) is 45.4 Å². The van der Waals surface area contributed by atoms with Crippen molar-refractivity contribution in [3.8, 4) is 0 Å². The zero-order valence-corrected chi connectivity index (χ0v) is 12.1. The van der Waals surface area contributed by atoms with E-state index in [4.69, 9.17) is 0 Å². The second-order valence-corrected chi connectivity index (χ2v) is 6.65. The van der Waals surface area contributed by atoms with Gasteiger partial charge in [0, 0.05) is 31.7 Å². The maximum atomic E-state index is 12.7. The van der Waals surface area contributed by atoms with Gasteiger partial charge in [-0.1, -0.05) is 6.92 Å². The molecule has 4 nitrogen and oxygen atoms in total. The van der Waals surface area contributed by atoms with E-state index in [0.717, 1.165) is 26.2 Å². The van der Waals surface area contributed by atoms with Crippen LogP contribution in [0.25, 0.3) is 0 Å². The second kappa shape index (κ2) is 5.70. The number of nitrogens with one attached hydrogen (secondary N) is 1. The van der Waals surface area contributed by atoms with E-state index in [-0.39, 0.29) is 0 Å². The lowest BCUT2D eigenvalue weighted by Gasteiger charge is -2.36. The highest BCUT2D eigenvalue weighted by Gasteiger charge is 2.37. The van der Waals surface area contributed by atoms with Gasteiger partial charge in [-0.15, -0.1) is 0 Å². The third-order valence-electron chi connectivity index (χ3n) is 4.74. The number of likely N-dealkylation sites (tertiary alicyclic amines) is 1. The molecule has 19 heavy (non-hydrogen) atoms. The van der Waals surface area contributed by atoms with Gasteiger partial charge >= 0.3 is 6.03 Å². The average Bonchev–Trinajstić information content (AvgIpc) is 3.12. The van der Waals surface area contributed by atoms with Gasteiger partial charge in [-0.3, -0.25) is 0 Å². The van der Waals surface area contributed by atoms with Gasteiger partial charge in [-0.05, 0) is 51.0 Å². The van der Waals surface area contributed by atoms with E-state index < -0.39 is 0 Å². The summed E-state index contributed by atoms with van der Waals surface area (Å²) in [5.74, 6) is 0.670. The molecule has 2 unspecified atom stereocenters. The van der Waals surface area contributed by atoms with Gasteiger partial charge in [0.25, 0.3) is 0 Å². The molecule has 2 heterocycles. The van der Waals surface area contributed by atoms with Crippen molar-refractivity contribution in [1.82, 2.24) is 15.1 Å². The van der Waals surface area contributed by atoms with E-state index in [0.29, 0.717) is 24.0 Å². The summed E-state index contributed by atoms with van der Waals surface area (Å²) in [4.78, 5) is 17.0. The van der Waals surface area contributed by atoms with Gasteiger partial charge in [0.2, 0.25) is 0 Å². The molecule has 1 saturated carbocycles. The summed E-state index contributed by atoms with van der Waals surface area (Å²) >= 11 is 0. The lowest BCUT2D eigenvalue weighted by molar-refractivity contribution is 0.125. The summed E-state index contributed by atoms with van der Waals surface area (Å²) in [5.41, 5.74) is 0. The van der Waals surface area contributed by atoms with Crippen molar-refractivity contribution >= 4 is 6.03 Å². The first-order valence-electron chi connectivity index (χ1n) is 8.03. The maximum Gasteiger partial charge on any atom is 0.320 e. The van der Waals surface area contributed by atoms with Crippen molar-refractivity contribution in [3.63, 3.8) is 0 Å². The van der Waals surface area contributed by atoms with Gasteiger partial charge in [0.05, 0.1) is 0 Å². The number of piperidine rings is 1. The minimum absolute atomic E-state index is 0.308. The van der Waals surface area contributed by atoms with Crippen LogP contribution in [0.2, 0.25) is 0 Å². The molecule has 1 aliphatic carbocycles. The van der Waals surface area contributed by atoms with Gasteiger partial charge in [0.15, 0.2) is 0 Å². The Labute approximate surface area is 116 Å². The van der Waals surface area contributed by atoms with Crippen molar-refractivity contribution in [2.75, 3.05) is 26.2 Å². The molecule has 3 fully saturated rings. The summed E-state index contributed by atoms with van der Waals surface area (Å²) < 4.78 is 0. The zero-order valence-electron chi connectivity index (χ0n) is 12.1. The van der Waals surface area contributed by atoms with E-state index in [2.05, 4.69) is 22.0 Å². The topological polar surface area (TPSA) is 35.6 Å². The van der Waals surface area contributed by atoms with Crippen LogP contribution in [0.4, 0.5) is 4.79 Å². The Morgan fingerprint density at radius 3 is 2.74 bits per heavy atom. The normalized spacial score (nSPS) is 31.5. The van der Waals surface area contributed by atoms with Crippen molar-refractivity contribution in [1.29, 1.82) is 0 Å². The predicted octanol–water partition coefficient (Wildman–Crippen LogP) is 2.05. The zero-order chi connectivity index (χ0) is 13.2. The standard InChI is InChI=1S/C15H27N3O/c1-12-4-3-9-17(10-12)15(19)18(14-6-7-14)11-13-5-2-8-16-13/h12-14,16H,2-11H2,1H3. The molecule has 1 N–H and O–H groups in total. The molecule has 2 atom stereocenters. The molecule has 0 bridgehead atoms. The average molecular weight is 265 g/mol.